The zero-order valence-electron chi connectivity index (χ0n) is 19.4. The summed E-state index contributed by atoms with van der Waals surface area (Å²) in [6.07, 6.45) is 13.9. The molecule has 5 heteroatoms. The van der Waals surface area contributed by atoms with Gasteiger partial charge in [-0.25, -0.2) is 9.97 Å². The van der Waals surface area contributed by atoms with Gasteiger partial charge in [-0.15, -0.1) is 0 Å². The SMILES string of the molecule is CCCCCCCOc1ccc(-c2ncc(OC(=O)CCCCC(C)CC)cn2)cc1. The lowest BCUT2D eigenvalue weighted by Crippen LogP contribution is -2.08. The molecule has 0 N–H and O–H groups in total. The van der Waals surface area contributed by atoms with Crippen LogP contribution in [0.2, 0.25) is 0 Å². The van der Waals surface area contributed by atoms with Gasteiger partial charge in [-0.3, -0.25) is 4.79 Å². The Hall–Kier alpha value is -2.43. The molecule has 0 radical (unpaired) electrons. The molecule has 0 saturated heterocycles. The molecule has 1 unspecified atom stereocenters. The van der Waals surface area contributed by atoms with E-state index >= 15 is 0 Å². The largest absolute Gasteiger partial charge is 0.494 e. The minimum absolute atomic E-state index is 0.225. The molecule has 1 aromatic heterocycles. The number of carbonyl (C=O) groups is 1. The Kier molecular flexibility index (Phi) is 11.7. The molecule has 0 fully saturated rings. The standard InChI is InChI=1S/C26H38N2O3/c1-4-6-7-8-11-18-30-23-16-14-22(15-17-23)26-27-19-24(20-28-26)31-25(29)13-10-9-12-21(3)5-2/h14-17,19-21H,4-13,18H2,1-3H3. The lowest BCUT2D eigenvalue weighted by atomic mass is 10.0. The van der Waals surface area contributed by atoms with E-state index in [0.29, 0.717) is 23.9 Å². The van der Waals surface area contributed by atoms with Gasteiger partial charge < -0.3 is 9.47 Å². The van der Waals surface area contributed by atoms with E-state index in [4.69, 9.17) is 9.47 Å². The maximum absolute atomic E-state index is 12.0. The molecule has 5 nitrogen and oxygen atoms in total. The van der Waals surface area contributed by atoms with Gasteiger partial charge in [0, 0.05) is 12.0 Å². The maximum Gasteiger partial charge on any atom is 0.311 e. The summed E-state index contributed by atoms with van der Waals surface area (Å²) in [5.74, 6) is 2.33. The highest BCUT2D eigenvalue weighted by Crippen LogP contribution is 2.21. The molecule has 0 spiro atoms. The summed E-state index contributed by atoms with van der Waals surface area (Å²) in [6, 6.07) is 7.78. The summed E-state index contributed by atoms with van der Waals surface area (Å²) in [6.45, 7) is 7.41. The van der Waals surface area contributed by atoms with Crippen LogP contribution in [0.15, 0.2) is 36.7 Å². The van der Waals surface area contributed by atoms with E-state index in [0.717, 1.165) is 43.6 Å². The van der Waals surface area contributed by atoms with Crippen molar-refractivity contribution in [3.8, 4) is 22.9 Å². The first kappa shape index (κ1) is 24.8. The van der Waals surface area contributed by atoms with Crippen LogP contribution in [0.25, 0.3) is 11.4 Å². The highest BCUT2D eigenvalue weighted by molar-refractivity contribution is 5.72. The van der Waals surface area contributed by atoms with Crippen molar-refractivity contribution in [2.24, 2.45) is 5.92 Å². The summed E-state index contributed by atoms with van der Waals surface area (Å²) in [4.78, 5) is 20.7. The molecule has 0 bridgehead atoms. The second kappa shape index (κ2) is 14.6. The number of aromatic nitrogens is 2. The number of esters is 1. The fraction of sp³-hybridized carbons (Fsp3) is 0.577. The van der Waals surface area contributed by atoms with Crippen molar-refractivity contribution in [3.63, 3.8) is 0 Å². The van der Waals surface area contributed by atoms with Gasteiger partial charge in [-0.2, -0.15) is 0 Å². The molecule has 2 rings (SSSR count). The first-order valence-corrected chi connectivity index (χ1v) is 11.9. The Morgan fingerprint density at radius 2 is 1.61 bits per heavy atom. The third-order valence-corrected chi connectivity index (χ3v) is 5.51. The number of nitrogens with zero attached hydrogens (tertiary/aromatic N) is 2. The Morgan fingerprint density at radius 3 is 2.29 bits per heavy atom. The lowest BCUT2D eigenvalue weighted by molar-refractivity contribution is -0.134. The van der Waals surface area contributed by atoms with Crippen LogP contribution in [-0.2, 0) is 4.79 Å². The number of hydrogen-bond donors (Lipinski definition) is 0. The fourth-order valence-corrected chi connectivity index (χ4v) is 3.26. The van der Waals surface area contributed by atoms with Crippen LogP contribution in [0.4, 0.5) is 0 Å². The summed E-state index contributed by atoms with van der Waals surface area (Å²) >= 11 is 0. The molecule has 0 saturated carbocycles. The Morgan fingerprint density at radius 1 is 0.903 bits per heavy atom. The molecule has 0 aliphatic carbocycles. The van der Waals surface area contributed by atoms with Crippen molar-refractivity contribution in [1.29, 1.82) is 0 Å². The first-order chi connectivity index (χ1) is 15.1. The van der Waals surface area contributed by atoms with Crippen LogP contribution in [-0.4, -0.2) is 22.5 Å². The average molecular weight is 427 g/mol. The monoisotopic (exact) mass is 426 g/mol. The van der Waals surface area contributed by atoms with Gasteiger partial charge in [0.15, 0.2) is 11.6 Å². The van der Waals surface area contributed by atoms with Gasteiger partial charge in [0.25, 0.3) is 0 Å². The molecule has 170 valence electrons. The van der Waals surface area contributed by atoms with Crippen molar-refractivity contribution in [3.05, 3.63) is 36.7 Å². The highest BCUT2D eigenvalue weighted by atomic mass is 16.5. The third-order valence-electron chi connectivity index (χ3n) is 5.51. The van der Waals surface area contributed by atoms with E-state index in [1.165, 1.54) is 32.1 Å². The topological polar surface area (TPSA) is 61.3 Å². The van der Waals surface area contributed by atoms with Crippen LogP contribution in [0, 0.1) is 5.92 Å². The van der Waals surface area contributed by atoms with E-state index in [9.17, 15) is 4.79 Å². The van der Waals surface area contributed by atoms with E-state index in [2.05, 4.69) is 30.7 Å². The highest BCUT2D eigenvalue weighted by Gasteiger charge is 2.08. The number of benzene rings is 1. The number of carbonyl (C=O) groups excluding carboxylic acids is 1. The Labute approximate surface area is 187 Å². The normalized spacial score (nSPS) is 11.8. The third kappa shape index (κ3) is 9.95. The van der Waals surface area contributed by atoms with Gasteiger partial charge in [0.2, 0.25) is 0 Å². The van der Waals surface area contributed by atoms with Crippen LogP contribution >= 0.6 is 0 Å². The summed E-state index contributed by atoms with van der Waals surface area (Å²) in [7, 11) is 0. The fourth-order valence-electron chi connectivity index (χ4n) is 3.26. The molecule has 31 heavy (non-hydrogen) atoms. The minimum atomic E-state index is -0.225. The Balaban J connectivity index is 1.73. The van der Waals surface area contributed by atoms with Crippen LogP contribution in [0.1, 0.15) is 85.0 Å². The summed E-state index contributed by atoms with van der Waals surface area (Å²) < 4.78 is 11.2. The predicted octanol–water partition coefficient (Wildman–Crippen LogP) is 7.00. The second-order valence-electron chi connectivity index (χ2n) is 8.26. The summed E-state index contributed by atoms with van der Waals surface area (Å²) in [5.41, 5.74) is 0.901. The molecule has 0 aliphatic rings. The number of hydrogen-bond acceptors (Lipinski definition) is 5. The lowest BCUT2D eigenvalue weighted by Gasteiger charge is -2.08. The van der Waals surface area contributed by atoms with E-state index < -0.39 is 0 Å². The van der Waals surface area contributed by atoms with Gasteiger partial charge in [-0.05, 0) is 43.0 Å². The molecule has 2 aromatic rings. The summed E-state index contributed by atoms with van der Waals surface area (Å²) in [5, 5.41) is 0. The van der Waals surface area contributed by atoms with Crippen molar-refractivity contribution in [2.45, 2.75) is 85.0 Å². The van der Waals surface area contributed by atoms with Gasteiger partial charge in [0.1, 0.15) is 5.75 Å². The zero-order valence-corrected chi connectivity index (χ0v) is 19.4. The molecular weight excluding hydrogens is 388 g/mol. The maximum atomic E-state index is 12.0. The van der Waals surface area contributed by atoms with Gasteiger partial charge >= 0.3 is 5.97 Å². The molecular formula is C26H38N2O3. The van der Waals surface area contributed by atoms with E-state index in [-0.39, 0.29) is 5.97 Å². The Bertz CT molecular complexity index is 744. The smallest absolute Gasteiger partial charge is 0.311 e. The zero-order chi connectivity index (χ0) is 22.3. The molecule has 0 amide bonds. The minimum Gasteiger partial charge on any atom is -0.494 e. The number of unbranched alkanes of at least 4 members (excludes halogenated alkanes) is 5. The van der Waals surface area contributed by atoms with Crippen LogP contribution in [0.5, 0.6) is 11.5 Å². The first-order valence-electron chi connectivity index (χ1n) is 11.9. The molecule has 0 aliphatic heterocycles. The quantitative estimate of drug-likeness (QED) is 0.226. The van der Waals surface area contributed by atoms with E-state index in [1.54, 1.807) is 12.4 Å². The van der Waals surface area contributed by atoms with Crippen molar-refractivity contribution >= 4 is 5.97 Å². The molecule has 1 heterocycles. The molecule has 1 atom stereocenters. The van der Waals surface area contributed by atoms with Crippen molar-refractivity contribution in [1.82, 2.24) is 9.97 Å². The second-order valence-corrected chi connectivity index (χ2v) is 8.26. The predicted molar refractivity (Wildman–Crippen MR) is 125 cm³/mol. The van der Waals surface area contributed by atoms with Crippen LogP contribution in [0.3, 0.4) is 0 Å². The van der Waals surface area contributed by atoms with E-state index in [1.807, 2.05) is 24.3 Å². The number of ether oxygens (including phenoxy) is 2. The van der Waals surface area contributed by atoms with Crippen LogP contribution < -0.4 is 9.47 Å². The number of rotatable bonds is 15. The van der Waals surface area contributed by atoms with Crippen molar-refractivity contribution in [2.75, 3.05) is 6.61 Å². The average Bonchev–Trinajstić information content (AvgIpc) is 2.80. The van der Waals surface area contributed by atoms with Gasteiger partial charge in [0.05, 0.1) is 19.0 Å². The van der Waals surface area contributed by atoms with Gasteiger partial charge in [-0.1, -0.05) is 65.7 Å². The molecule has 1 aromatic carbocycles. The van der Waals surface area contributed by atoms with Crippen molar-refractivity contribution < 1.29 is 14.3 Å².